The van der Waals surface area contributed by atoms with Gasteiger partial charge in [0.05, 0.1) is 0 Å². The van der Waals surface area contributed by atoms with Gasteiger partial charge in [-0.2, -0.15) is 0 Å². The number of hydrogen-bond acceptors (Lipinski definition) is 1. The Hall–Kier alpha value is -4.02. The van der Waals surface area contributed by atoms with Crippen LogP contribution in [0, 0.1) is 0 Å². The first-order chi connectivity index (χ1) is 20.6. The Kier molecular flexibility index (Phi) is 7.25. The molecule has 0 N–H and O–H groups in total. The first-order valence-corrected chi connectivity index (χ1v) is 18.2. The van der Waals surface area contributed by atoms with Gasteiger partial charge in [0.2, 0.25) is 0 Å². The van der Waals surface area contributed by atoms with Crippen LogP contribution in [-0.4, -0.2) is 0 Å². The molecule has 42 heavy (non-hydrogen) atoms. The minimum absolute atomic E-state index is 0.201. The van der Waals surface area contributed by atoms with Gasteiger partial charge in [0.1, 0.15) is 0 Å². The molecule has 1 aliphatic rings. The number of fused-ring (bicyclic) bond motifs is 2. The van der Waals surface area contributed by atoms with E-state index in [2.05, 4.69) is 172 Å². The molecule has 0 aromatic heterocycles. The molecule has 1 heterocycles. The second kappa shape index (κ2) is 11.3. The molecule has 0 saturated heterocycles. The zero-order chi connectivity index (χ0) is 28.5. The van der Waals surface area contributed by atoms with E-state index < -0.39 is 15.8 Å². The fourth-order valence-electron chi connectivity index (χ4n) is 6.71. The number of benzene rings is 6. The Bertz CT molecular complexity index is 1600. The van der Waals surface area contributed by atoms with E-state index in [0.717, 1.165) is 11.5 Å². The van der Waals surface area contributed by atoms with Gasteiger partial charge in [0, 0.05) is 0 Å². The van der Waals surface area contributed by atoms with E-state index in [-0.39, 0.29) is 5.41 Å². The maximum atomic E-state index is 7.29. The van der Waals surface area contributed by atoms with Crippen molar-refractivity contribution in [1.82, 2.24) is 0 Å². The second-order valence-electron chi connectivity index (χ2n) is 11.7. The molecule has 0 spiro atoms. The predicted octanol–water partition coefficient (Wildman–Crippen LogP) is 6.56. The molecular formula is C39H36OP2. The van der Waals surface area contributed by atoms with Crippen molar-refractivity contribution in [3.8, 4) is 11.5 Å². The molecule has 1 aliphatic heterocycles. The van der Waals surface area contributed by atoms with Crippen LogP contribution in [0.3, 0.4) is 0 Å². The summed E-state index contributed by atoms with van der Waals surface area (Å²) in [6.07, 6.45) is 0. The van der Waals surface area contributed by atoms with E-state index in [1.54, 1.807) is 0 Å². The van der Waals surface area contributed by atoms with E-state index in [9.17, 15) is 0 Å². The van der Waals surface area contributed by atoms with Gasteiger partial charge in [-0.3, -0.25) is 0 Å². The van der Waals surface area contributed by atoms with Crippen LogP contribution in [0.1, 0.15) is 25.0 Å². The summed E-state index contributed by atoms with van der Waals surface area (Å²) in [6, 6.07) is 57.8. The van der Waals surface area contributed by atoms with Gasteiger partial charge in [-0.15, -0.1) is 0 Å². The predicted molar refractivity (Wildman–Crippen MR) is 188 cm³/mol. The summed E-state index contributed by atoms with van der Waals surface area (Å²) < 4.78 is 7.29. The molecule has 0 atom stereocenters. The Balaban J connectivity index is 1.45. The van der Waals surface area contributed by atoms with Gasteiger partial charge in [-0.25, -0.2) is 0 Å². The van der Waals surface area contributed by atoms with Crippen molar-refractivity contribution >= 4 is 47.7 Å². The van der Waals surface area contributed by atoms with Crippen LogP contribution in [0.25, 0.3) is 0 Å². The van der Waals surface area contributed by atoms with Gasteiger partial charge in [-0.05, 0) is 0 Å². The quantitative estimate of drug-likeness (QED) is 0.202. The summed E-state index contributed by atoms with van der Waals surface area (Å²) in [5.74, 6) is 2.11. The van der Waals surface area contributed by atoms with E-state index >= 15 is 0 Å². The van der Waals surface area contributed by atoms with Crippen molar-refractivity contribution in [3.05, 3.63) is 169 Å². The molecule has 6 aromatic rings. The van der Waals surface area contributed by atoms with E-state index in [1.807, 2.05) is 0 Å². The zero-order valence-corrected chi connectivity index (χ0v) is 26.4. The maximum absolute atomic E-state index is 7.29. The van der Waals surface area contributed by atoms with Gasteiger partial charge >= 0.3 is 252 Å². The van der Waals surface area contributed by atoms with Crippen molar-refractivity contribution in [2.24, 2.45) is 0 Å². The van der Waals surface area contributed by atoms with E-state index in [1.165, 1.54) is 43.0 Å². The third kappa shape index (κ3) is 4.78. The average Bonchev–Trinajstić information content (AvgIpc) is 3.04. The fourth-order valence-corrected chi connectivity index (χ4v) is 12.9. The summed E-state index contributed by atoms with van der Waals surface area (Å²) in [7, 11) is -3.64. The summed E-state index contributed by atoms with van der Waals surface area (Å²) in [5.41, 5.74) is 2.34. The van der Waals surface area contributed by atoms with Crippen LogP contribution >= 0.6 is 15.8 Å². The molecule has 0 fully saturated rings. The summed E-state index contributed by atoms with van der Waals surface area (Å²) >= 11 is 0. The van der Waals surface area contributed by atoms with Gasteiger partial charge < -0.3 is 0 Å². The Morgan fingerprint density at radius 3 is 1.00 bits per heavy atom. The van der Waals surface area contributed by atoms with Gasteiger partial charge in [0.15, 0.2) is 0 Å². The first-order valence-electron chi connectivity index (χ1n) is 14.8. The van der Waals surface area contributed by atoms with Crippen LogP contribution < -0.4 is 36.6 Å². The van der Waals surface area contributed by atoms with Crippen LogP contribution in [0.4, 0.5) is 0 Å². The first kappa shape index (κ1) is 26.9. The average molecular weight is 583 g/mol. The van der Waals surface area contributed by atoms with Gasteiger partial charge in [0.25, 0.3) is 0 Å². The van der Waals surface area contributed by atoms with Crippen molar-refractivity contribution in [2.75, 3.05) is 0 Å². The standard InChI is InChI=1S/C39H36OP2/c1-39(2)33-25-15-27-35(41(29-17-7-3-8-18-29)30-19-9-4-10-20-30)37(33)40-38-34(39)26-16-28-36(38)42(31-21-11-5-12-22-31)32-23-13-6-14-24-32/h3-28H,41-42H2,1-2H3. The van der Waals surface area contributed by atoms with Crippen molar-refractivity contribution < 1.29 is 4.74 Å². The monoisotopic (exact) mass is 582 g/mol. The number of rotatable bonds is 6. The third-order valence-electron chi connectivity index (χ3n) is 8.80. The number of para-hydroxylation sites is 2. The number of hydrogen-bond donors (Lipinski definition) is 0. The molecule has 6 aromatic carbocycles. The minimum atomic E-state index is -1.82. The van der Waals surface area contributed by atoms with Crippen LogP contribution in [-0.2, 0) is 5.41 Å². The summed E-state index contributed by atoms with van der Waals surface area (Å²) in [4.78, 5) is 0. The molecule has 1 nitrogen and oxygen atoms in total. The molecular weight excluding hydrogens is 546 g/mol. The van der Waals surface area contributed by atoms with Crippen LogP contribution in [0.5, 0.6) is 11.5 Å². The summed E-state index contributed by atoms with van der Waals surface area (Å²) in [5, 5.41) is 8.29. The fraction of sp³-hybridized carbons (Fsp3) is 0.0769. The molecule has 0 saturated carbocycles. The molecule has 0 bridgehead atoms. The molecule has 208 valence electrons. The molecule has 0 amide bonds. The molecule has 0 aliphatic carbocycles. The topological polar surface area (TPSA) is 9.23 Å². The van der Waals surface area contributed by atoms with Gasteiger partial charge in [-0.1, -0.05) is 0 Å². The molecule has 0 radical (unpaired) electrons. The van der Waals surface area contributed by atoms with Crippen molar-refractivity contribution in [1.29, 1.82) is 0 Å². The van der Waals surface area contributed by atoms with Crippen LogP contribution in [0.15, 0.2) is 158 Å². The normalized spacial score (nSPS) is 13.8. The summed E-state index contributed by atoms with van der Waals surface area (Å²) in [6.45, 7) is 4.73. The van der Waals surface area contributed by atoms with E-state index in [0.29, 0.717) is 0 Å². The number of ether oxygens (including phenoxy) is 1. The Morgan fingerprint density at radius 2 is 0.690 bits per heavy atom. The third-order valence-corrected chi connectivity index (χ3v) is 15.2. The Morgan fingerprint density at radius 1 is 0.381 bits per heavy atom. The second-order valence-corrected chi connectivity index (χ2v) is 17.3. The Labute approximate surface area is 251 Å². The van der Waals surface area contributed by atoms with Crippen molar-refractivity contribution in [2.45, 2.75) is 19.3 Å². The van der Waals surface area contributed by atoms with Crippen molar-refractivity contribution in [3.63, 3.8) is 0 Å². The van der Waals surface area contributed by atoms with E-state index in [4.69, 9.17) is 4.74 Å². The molecule has 7 rings (SSSR count). The molecule has 3 heteroatoms. The van der Waals surface area contributed by atoms with Crippen LogP contribution in [0.2, 0.25) is 0 Å². The SMILES string of the molecule is CC1(C)c2cccc([PH2](c3ccccc3)c3ccccc3)c2Oc2c([PH2](c3ccccc3)c3ccccc3)cccc21. The molecule has 0 unspecified atom stereocenters. The zero-order valence-electron chi connectivity index (χ0n) is 24.1.